The first-order valence-electron chi connectivity index (χ1n) is 5.26. The van der Waals surface area contributed by atoms with Gasteiger partial charge in [0.2, 0.25) is 5.91 Å². The Morgan fingerprint density at radius 1 is 1.59 bits per heavy atom. The molecule has 0 aliphatic carbocycles. The first kappa shape index (κ1) is 11.9. The summed E-state index contributed by atoms with van der Waals surface area (Å²) in [7, 11) is 0. The Labute approximate surface area is 104 Å². The van der Waals surface area contributed by atoms with Gasteiger partial charge in [-0.1, -0.05) is 0 Å². The highest BCUT2D eigenvalue weighted by atomic mass is 32.1. The molecule has 1 unspecified atom stereocenters. The van der Waals surface area contributed by atoms with Gasteiger partial charge in [0.05, 0.1) is 5.56 Å². The van der Waals surface area contributed by atoms with Crippen molar-refractivity contribution >= 4 is 24.2 Å². The minimum Gasteiger partial charge on any atom is -0.312 e. The van der Waals surface area contributed by atoms with Crippen LogP contribution in [0.3, 0.4) is 0 Å². The second-order valence-corrected chi connectivity index (χ2v) is 4.40. The molecule has 2 rings (SSSR count). The Balaban J connectivity index is 2.30. The van der Waals surface area contributed by atoms with E-state index >= 15 is 0 Å². The molecule has 0 spiro atoms. The molecule has 1 saturated heterocycles. The lowest BCUT2D eigenvalue weighted by molar-refractivity contribution is -0.117. The number of thiol groups is 1. The first-order chi connectivity index (χ1) is 8.15. The fourth-order valence-corrected chi connectivity index (χ4v) is 2.16. The standard InChI is InChI=1S/C12H11FN2OS/c13-11-2-1-10(4-9(11)5-14)15-6-8(7-17)3-12(15)16/h1-2,4,8,17H,3,6-7H2. The van der Waals surface area contributed by atoms with Crippen LogP contribution in [0.1, 0.15) is 12.0 Å². The number of nitrogens with zero attached hydrogens (tertiary/aromatic N) is 2. The summed E-state index contributed by atoms with van der Waals surface area (Å²) < 4.78 is 13.2. The lowest BCUT2D eigenvalue weighted by Crippen LogP contribution is -2.24. The summed E-state index contributed by atoms with van der Waals surface area (Å²) in [6, 6.07) is 5.92. The largest absolute Gasteiger partial charge is 0.312 e. The van der Waals surface area contributed by atoms with Crippen LogP contribution in [0.15, 0.2) is 18.2 Å². The molecule has 88 valence electrons. The molecule has 1 aliphatic rings. The summed E-state index contributed by atoms with van der Waals surface area (Å²) in [5.41, 5.74) is 0.543. The summed E-state index contributed by atoms with van der Waals surface area (Å²) in [4.78, 5) is 13.3. The van der Waals surface area contributed by atoms with Crippen molar-refractivity contribution in [1.29, 1.82) is 5.26 Å². The van der Waals surface area contributed by atoms with Crippen molar-refractivity contribution < 1.29 is 9.18 Å². The van der Waals surface area contributed by atoms with Gasteiger partial charge in [0.25, 0.3) is 0 Å². The van der Waals surface area contributed by atoms with Crippen molar-refractivity contribution in [1.82, 2.24) is 0 Å². The van der Waals surface area contributed by atoms with E-state index in [1.807, 2.05) is 0 Å². The first-order valence-corrected chi connectivity index (χ1v) is 5.90. The van der Waals surface area contributed by atoms with Gasteiger partial charge in [-0.05, 0) is 29.9 Å². The minimum atomic E-state index is -0.561. The van der Waals surface area contributed by atoms with Crippen molar-refractivity contribution in [2.75, 3.05) is 17.2 Å². The Kier molecular flexibility index (Phi) is 3.34. The fourth-order valence-electron chi connectivity index (χ4n) is 1.92. The van der Waals surface area contributed by atoms with E-state index < -0.39 is 5.82 Å². The number of benzene rings is 1. The van der Waals surface area contributed by atoms with Crippen LogP contribution in [0.4, 0.5) is 10.1 Å². The van der Waals surface area contributed by atoms with E-state index in [0.29, 0.717) is 24.4 Å². The second kappa shape index (κ2) is 4.76. The molecule has 1 aromatic rings. The van der Waals surface area contributed by atoms with E-state index in [4.69, 9.17) is 5.26 Å². The molecule has 0 saturated carbocycles. The molecule has 0 aromatic heterocycles. The average Bonchev–Trinajstić information content (AvgIpc) is 2.71. The maximum atomic E-state index is 13.2. The van der Waals surface area contributed by atoms with Crippen LogP contribution in [0.25, 0.3) is 0 Å². The predicted octanol–water partition coefficient (Wildman–Crippen LogP) is 1.98. The number of halogens is 1. The zero-order chi connectivity index (χ0) is 12.4. The van der Waals surface area contributed by atoms with Gasteiger partial charge in [0.15, 0.2) is 0 Å². The quantitative estimate of drug-likeness (QED) is 0.816. The van der Waals surface area contributed by atoms with Crippen molar-refractivity contribution in [3.05, 3.63) is 29.6 Å². The van der Waals surface area contributed by atoms with Crippen LogP contribution in [0.2, 0.25) is 0 Å². The maximum absolute atomic E-state index is 13.2. The van der Waals surface area contributed by atoms with E-state index in [0.717, 1.165) is 0 Å². The highest BCUT2D eigenvalue weighted by Crippen LogP contribution is 2.26. The SMILES string of the molecule is N#Cc1cc(N2CC(CS)CC2=O)ccc1F. The van der Waals surface area contributed by atoms with Crippen LogP contribution in [-0.4, -0.2) is 18.2 Å². The second-order valence-electron chi connectivity index (χ2n) is 4.03. The molecule has 0 radical (unpaired) electrons. The van der Waals surface area contributed by atoms with Crippen molar-refractivity contribution in [3.8, 4) is 6.07 Å². The molecule has 3 nitrogen and oxygen atoms in total. The summed E-state index contributed by atoms with van der Waals surface area (Å²) >= 11 is 4.17. The molecule has 5 heteroatoms. The van der Waals surface area contributed by atoms with Crippen LogP contribution in [-0.2, 0) is 4.79 Å². The average molecular weight is 250 g/mol. The van der Waals surface area contributed by atoms with Gasteiger partial charge < -0.3 is 4.90 Å². The molecule has 1 amide bonds. The highest BCUT2D eigenvalue weighted by molar-refractivity contribution is 7.80. The summed E-state index contributed by atoms with van der Waals surface area (Å²) in [6.07, 6.45) is 0.461. The molecule has 0 bridgehead atoms. The number of anilines is 1. The summed E-state index contributed by atoms with van der Waals surface area (Å²) in [5.74, 6) is 0.309. The van der Waals surface area contributed by atoms with Gasteiger partial charge in [-0.15, -0.1) is 0 Å². The Bertz CT molecular complexity index is 498. The molecular formula is C12H11FN2OS. The summed E-state index contributed by atoms with van der Waals surface area (Å²) in [6.45, 7) is 0.582. The third kappa shape index (κ3) is 2.27. The molecule has 1 aliphatic heterocycles. The lowest BCUT2D eigenvalue weighted by atomic mass is 10.1. The molecule has 1 aromatic carbocycles. The summed E-state index contributed by atoms with van der Waals surface area (Å²) in [5, 5.41) is 8.74. The number of amides is 1. The Morgan fingerprint density at radius 3 is 2.94 bits per heavy atom. The number of nitriles is 1. The monoisotopic (exact) mass is 250 g/mol. The predicted molar refractivity (Wildman–Crippen MR) is 65.4 cm³/mol. The van der Waals surface area contributed by atoms with Gasteiger partial charge in [-0.3, -0.25) is 4.79 Å². The van der Waals surface area contributed by atoms with Crippen molar-refractivity contribution in [2.24, 2.45) is 5.92 Å². The van der Waals surface area contributed by atoms with E-state index in [1.165, 1.54) is 18.2 Å². The maximum Gasteiger partial charge on any atom is 0.227 e. The fraction of sp³-hybridized carbons (Fsp3) is 0.333. The highest BCUT2D eigenvalue weighted by Gasteiger charge is 2.29. The van der Waals surface area contributed by atoms with Crippen LogP contribution in [0, 0.1) is 23.1 Å². The molecular weight excluding hydrogens is 239 g/mol. The Morgan fingerprint density at radius 2 is 2.35 bits per heavy atom. The Hall–Kier alpha value is -1.54. The van der Waals surface area contributed by atoms with Crippen molar-refractivity contribution in [2.45, 2.75) is 6.42 Å². The van der Waals surface area contributed by atoms with Crippen LogP contribution < -0.4 is 4.90 Å². The third-order valence-corrected chi connectivity index (χ3v) is 3.36. The number of rotatable bonds is 2. The van der Waals surface area contributed by atoms with E-state index in [9.17, 15) is 9.18 Å². The van der Waals surface area contributed by atoms with Crippen LogP contribution in [0.5, 0.6) is 0 Å². The van der Waals surface area contributed by atoms with Crippen LogP contribution >= 0.6 is 12.6 Å². The number of hydrogen-bond acceptors (Lipinski definition) is 3. The smallest absolute Gasteiger partial charge is 0.227 e. The topological polar surface area (TPSA) is 44.1 Å². The van der Waals surface area contributed by atoms with Gasteiger partial charge in [-0.25, -0.2) is 4.39 Å². The van der Waals surface area contributed by atoms with E-state index in [1.54, 1.807) is 11.0 Å². The van der Waals surface area contributed by atoms with Crippen molar-refractivity contribution in [3.63, 3.8) is 0 Å². The number of carbonyl (C=O) groups excluding carboxylic acids is 1. The minimum absolute atomic E-state index is 0.000419. The van der Waals surface area contributed by atoms with Gasteiger partial charge in [0, 0.05) is 18.7 Å². The van der Waals surface area contributed by atoms with E-state index in [2.05, 4.69) is 12.6 Å². The molecule has 17 heavy (non-hydrogen) atoms. The number of hydrogen-bond donors (Lipinski definition) is 1. The third-order valence-electron chi connectivity index (χ3n) is 2.85. The molecule has 1 atom stereocenters. The van der Waals surface area contributed by atoms with Gasteiger partial charge >= 0.3 is 0 Å². The van der Waals surface area contributed by atoms with E-state index in [-0.39, 0.29) is 17.4 Å². The zero-order valence-corrected chi connectivity index (χ0v) is 9.95. The van der Waals surface area contributed by atoms with Gasteiger partial charge in [0.1, 0.15) is 11.9 Å². The molecule has 1 heterocycles. The van der Waals surface area contributed by atoms with Gasteiger partial charge in [-0.2, -0.15) is 17.9 Å². The molecule has 1 fully saturated rings. The molecule has 0 N–H and O–H groups in total. The number of carbonyl (C=O) groups is 1. The lowest BCUT2D eigenvalue weighted by Gasteiger charge is -2.16. The zero-order valence-electron chi connectivity index (χ0n) is 9.06. The normalized spacial score (nSPS) is 19.5.